The van der Waals surface area contributed by atoms with Crippen LogP contribution in [0.1, 0.15) is 18.5 Å². The van der Waals surface area contributed by atoms with E-state index in [1.807, 2.05) is 6.92 Å². The molecule has 1 saturated heterocycles. The lowest BCUT2D eigenvalue weighted by atomic mass is 10.0. The van der Waals surface area contributed by atoms with Crippen molar-refractivity contribution in [1.82, 2.24) is 10.4 Å². The number of hydrazine groups is 1. The third kappa shape index (κ3) is 2.01. The first-order valence-corrected chi connectivity index (χ1v) is 5.43. The van der Waals surface area contributed by atoms with Gasteiger partial charge >= 0.3 is 5.91 Å². The van der Waals surface area contributed by atoms with Crippen LogP contribution in [0.5, 0.6) is 5.75 Å². The van der Waals surface area contributed by atoms with Gasteiger partial charge < -0.3 is 4.74 Å². The maximum absolute atomic E-state index is 11.8. The molecule has 0 aliphatic carbocycles. The number of amides is 1. The number of hydrogen-bond donors (Lipinski definition) is 1. The van der Waals surface area contributed by atoms with Crippen LogP contribution in [0.15, 0.2) is 24.3 Å². The van der Waals surface area contributed by atoms with Gasteiger partial charge in [0.1, 0.15) is 11.8 Å². The van der Waals surface area contributed by atoms with Crippen molar-refractivity contribution in [2.75, 3.05) is 13.7 Å². The van der Waals surface area contributed by atoms with E-state index in [-0.39, 0.29) is 0 Å². The molecule has 1 fully saturated rings. The number of ether oxygens (including phenoxy) is 1. The highest BCUT2D eigenvalue weighted by Crippen LogP contribution is 2.23. The van der Waals surface area contributed by atoms with Crippen molar-refractivity contribution < 1.29 is 14.3 Å². The van der Waals surface area contributed by atoms with Crippen LogP contribution in [0, 0.1) is 0 Å². The molecule has 1 aromatic rings. The molecule has 0 bridgehead atoms. The highest BCUT2D eigenvalue weighted by atomic mass is 16.5. The number of hydrogen-bond acceptors (Lipinski definition) is 4. The van der Waals surface area contributed by atoms with E-state index >= 15 is 0 Å². The summed E-state index contributed by atoms with van der Waals surface area (Å²) in [6.45, 7) is 2.27. The molecule has 17 heavy (non-hydrogen) atoms. The third-order valence-electron chi connectivity index (χ3n) is 2.75. The highest BCUT2D eigenvalue weighted by Gasteiger charge is 2.38. The van der Waals surface area contributed by atoms with Gasteiger partial charge in [-0.2, -0.15) is 0 Å². The van der Waals surface area contributed by atoms with Gasteiger partial charge in [-0.05, 0) is 24.6 Å². The van der Waals surface area contributed by atoms with E-state index in [1.54, 1.807) is 31.4 Å². The Bertz CT molecular complexity index is 459. The third-order valence-corrected chi connectivity index (χ3v) is 2.75. The summed E-state index contributed by atoms with van der Waals surface area (Å²) in [5.74, 6) is -0.250. The Balaban J connectivity index is 2.28. The molecule has 5 nitrogen and oxygen atoms in total. The van der Waals surface area contributed by atoms with E-state index in [2.05, 4.69) is 5.43 Å². The fourth-order valence-corrected chi connectivity index (χ4v) is 1.81. The molecule has 0 spiro atoms. The van der Waals surface area contributed by atoms with E-state index in [0.29, 0.717) is 12.3 Å². The Kier molecular flexibility index (Phi) is 3.10. The number of methoxy groups -OCH3 is 1. The van der Waals surface area contributed by atoms with Crippen LogP contribution < -0.4 is 10.2 Å². The average molecular weight is 234 g/mol. The van der Waals surface area contributed by atoms with Gasteiger partial charge in [0.25, 0.3) is 0 Å². The topological polar surface area (TPSA) is 58.6 Å². The maximum Gasteiger partial charge on any atom is 0.306 e. The molecule has 1 N–H and O–H groups in total. The second-order valence-electron chi connectivity index (χ2n) is 3.75. The van der Waals surface area contributed by atoms with Crippen molar-refractivity contribution in [1.29, 1.82) is 0 Å². The van der Waals surface area contributed by atoms with Crippen molar-refractivity contribution >= 4 is 11.7 Å². The summed E-state index contributed by atoms with van der Waals surface area (Å²) in [4.78, 5) is 23.3. The monoisotopic (exact) mass is 234 g/mol. The van der Waals surface area contributed by atoms with Crippen LogP contribution in [0.25, 0.3) is 0 Å². The molecule has 1 aliphatic heterocycles. The molecule has 0 saturated carbocycles. The number of nitrogens with one attached hydrogen (secondary N) is 1. The lowest BCUT2D eigenvalue weighted by Crippen LogP contribution is -2.34. The summed E-state index contributed by atoms with van der Waals surface area (Å²) in [5, 5.41) is 1.33. The molecule has 1 atom stereocenters. The molecule has 2 rings (SSSR count). The Morgan fingerprint density at radius 2 is 2.18 bits per heavy atom. The zero-order valence-corrected chi connectivity index (χ0v) is 9.77. The predicted molar refractivity (Wildman–Crippen MR) is 61.3 cm³/mol. The largest absolute Gasteiger partial charge is 0.497 e. The number of rotatable bonds is 3. The molecule has 1 aromatic carbocycles. The second-order valence-corrected chi connectivity index (χ2v) is 3.75. The van der Waals surface area contributed by atoms with Crippen LogP contribution in [0.4, 0.5) is 0 Å². The number of nitrogens with zero attached hydrogens (tertiary/aromatic N) is 1. The van der Waals surface area contributed by atoms with E-state index in [1.165, 1.54) is 5.01 Å². The first kappa shape index (κ1) is 11.6. The molecular formula is C12H14N2O3. The Morgan fingerprint density at radius 3 is 2.76 bits per heavy atom. The molecule has 1 heterocycles. The molecular weight excluding hydrogens is 220 g/mol. The Labute approximate surface area is 99.3 Å². The molecule has 5 heteroatoms. The standard InChI is InChI=1S/C12H14N2O3/c1-3-14-12(16)11(15)10(13-14)8-5-4-6-9(7-8)17-2/h4-7,10,13H,3H2,1-2H3. The molecule has 90 valence electrons. The Morgan fingerprint density at radius 1 is 1.41 bits per heavy atom. The number of carbonyl (C=O) groups is 2. The summed E-state index contributed by atoms with van der Waals surface area (Å²) in [5.41, 5.74) is 3.62. The fourth-order valence-electron chi connectivity index (χ4n) is 1.81. The van der Waals surface area contributed by atoms with Crippen LogP contribution in [0.2, 0.25) is 0 Å². The van der Waals surface area contributed by atoms with Crippen LogP contribution in [0.3, 0.4) is 0 Å². The zero-order chi connectivity index (χ0) is 12.4. The number of carbonyl (C=O) groups excluding carboxylic acids is 2. The quantitative estimate of drug-likeness (QED) is 0.781. The fraction of sp³-hybridized carbons (Fsp3) is 0.333. The van der Waals surface area contributed by atoms with Gasteiger partial charge in [0.15, 0.2) is 0 Å². The zero-order valence-electron chi connectivity index (χ0n) is 9.77. The second kappa shape index (κ2) is 4.55. The van der Waals surface area contributed by atoms with Crippen molar-refractivity contribution in [3.05, 3.63) is 29.8 Å². The minimum Gasteiger partial charge on any atom is -0.497 e. The first-order valence-electron chi connectivity index (χ1n) is 5.43. The van der Waals surface area contributed by atoms with Gasteiger partial charge in [-0.25, -0.2) is 5.43 Å². The lowest BCUT2D eigenvalue weighted by molar-refractivity contribution is -0.140. The summed E-state index contributed by atoms with van der Waals surface area (Å²) < 4.78 is 5.09. The summed E-state index contributed by atoms with van der Waals surface area (Å²) in [7, 11) is 1.56. The normalized spacial score (nSPS) is 19.9. The molecule has 0 radical (unpaired) electrons. The summed E-state index contributed by atoms with van der Waals surface area (Å²) >= 11 is 0. The van der Waals surface area contributed by atoms with Gasteiger partial charge in [0, 0.05) is 6.54 Å². The molecule has 1 unspecified atom stereocenters. The van der Waals surface area contributed by atoms with E-state index in [9.17, 15) is 9.59 Å². The van der Waals surface area contributed by atoms with Crippen molar-refractivity contribution in [3.63, 3.8) is 0 Å². The van der Waals surface area contributed by atoms with Gasteiger partial charge in [-0.3, -0.25) is 14.6 Å². The number of Topliss-reactive ketones (excluding diaryl/α,β-unsaturated/α-hetero) is 1. The van der Waals surface area contributed by atoms with Crippen LogP contribution >= 0.6 is 0 Å². The summed E-state index contributed by atoms with van der Waals surface area (Å²) in [6, 6.07) is 6.54. The van der Waals surface area contributed by atoms with Gasteiger partial charge in [0.05, 0.1) is 7.11 Å². The maximum atomic E-state index is 11.8. The van der Waals surface area contributed by atoms with Crippen molar-refractivity contribution in [2.24, 2.45) is 0 Å². The highest BCUT2D eigenvalue weighted by molar-refractivity contribution is 6.39. The number of ketones is 1. The van der Waals surface area contributed by atoms with Gasteiger partial charge in [-0.1, -0.05) is 12.1 Å². The van der Waals surface area contributed by atoms with Crippen molar-refractivity contribution in [3.8, 4) is 5.75 Å². The Hall–Kier alpha value is -1.88. The predicted octanol–water partition coefficient (Wildman–Crippen LogP) is 0.672. The lowest BCUT2D eigenvalue weighted by Gasteiger charge is -2.14. The van der Waals surface area contributed by atoms with Crippen LogP contribution in [-0.2, 0) is 9.59 Å². The van der Waals surface area contributed by atoms with E-state index in [4.69, 9.17) is 4.74 Å². The van der Waals surface area contributed by atoms with Gasteiger partial charge in [-0.15, -0.1) is 0 Å². The molecule has 0 aromatic heterocycles. The number of benzene rings is 1. The summed E-state index contributed by atoms with van der Waals surface area (Å²) in [6.07, 6.45) is 0. The minimum atomic E-state index is -0.599. The molecule has 1 aliphatic rings. The smallest absolute Gasteiger partial charge is 0.306 e. The van der Waals surface area contributed by atoms with Gasteiger partial charge in [0.2, 0.25) is 5.78 Å². The first-order chi connectivity index (χ1) is 8.17. The van der Waals surface area contributed by atoms with Crippen LogP contribution in [-0.4, -0.2) is 30.4 Å². The average Bonchev–Trinajstić information content (AvgIpc) is 2.66. The van der Waals surface area contributed by atoms with E-state index in [0.717, 1.165) is 5.56 Å². The van der Waals surface area contributed by atoms with Crippen molar-refractivity contribution in [2.45, 2.75) is 13.0 Å². The molecule has 1 amide bonds. The number of likely N-dealkylation sites (N-methyl/N-ethyl adjacent to an activating group) is 1. The minimum absolute atomic E-state index is 0.430. The van der Waals surface area contributed by atoms with E-state index < -0.39 is 17.7 Å². The SMILES string of the molecule is CCN1NC(c2cccc(OC)c2)C(=O)C1=O.